The van der Waals surface area contributed by atoms with Crippen LogP contribution in [0, 0.1) is 5.92 Å². The molecule has 0 N–H and O–H groups in total. The van der Waals surface area contributed by atoms with Crippen LogP contribution in [0.3, 0.4) is 0 Å². The van der Waals surface area contributed by atoms with Crippen LogP contribution in [0.15, 0.2) is 21.4 Å². The van der Waals surface area contributed by atoms with Crippen molar-refractivity contribution in [2.45, 2.75) is 49.7 Å². The molecular formula is C18H23N3O2S2. The Balaban J connectivity index is 1.48. The average molecular weight is 378 g/mol. The van der Waals surface area contributed by atoms with E-state index in [4.69, 9.17) is 0 Å². The van der Waals surface area contributed by atoms with Crippen LogP contribution in [0.1, 0.15) is 38.5 Å². The number of likely N-dealkylation sites (tertiary alicyclic amines) is 1. The standard InChI is InChI=1S/C18H23N3O2S2/c1-20-17(23)16-13(8-10-24-16)19-18(20)25-11-15(22)21-9-4-6-12-5-2-3-7-14(12)21/h8,10,12,14H,2-7,9,11H2,1H3. The zero-order valence-corrected chi connectivity index (χ0v) is 16.1. The number of thiophene rings is 1. The molecule has 3 heterocycles. The van der Waals surface area contributed by atoms with Crippen molar-refractivity contribution < 1.29 is 4.79 Å². The van der Waals surface area contributed by atoms with Crippen molar-refractivity contribution in [3.63, 3.8) is 0 Å². The number of nitrogens with zero attached hydrogens (tertiary/aromatic N) is 3. The van der Waals surface area contributed by atoms with Gasteiger partial charge in [0, 0.05) is 19.6 Å². The van der Waals surface area contributed by atoms with E-state index in [1.54, 1.807) is 11.6 Å². The maximum atomic E-state index is 12.8. The highest BCUT2D eigenvalue weighted by Crippen LogP contribution is 2.35. The molecule has 0 radical (unpaired) electrons. The highest BCUT2D eigenvalue weighted by molar-refractivity contribution is 7.99. The van der Waals surface area contributed by atoms with Crippen molar-refractivity contribution in [2.24, 2.45) is 13.0 Å². The molecule has 7 heteroatoms. The minimum Gasteiger partial charge on any atom is -0.339 e. The topological polar surface area (TPSA) is 55.2 Å². The van der Waals surface area contributed by atoms with Crippen LogP contribution in [0.2, 0.25) is 0 Å². The molecule has 2 aliphatic rings. The Hall–Kier alpha value is -1.34. The smallest absolute Gasteiger partial charge is 0.271 e. The molecule has 2 fully saturated rings. The molecule has 0 aromatic carbocycles. The molecule has 2 atom stereocenters. The minimum atomic E-state index is -0.0275. The van der Waals surface area contributed by atoms with Crippen molar-refractivity contribution in [3.8, 4) is 0 Å². The first kappa shape index (κ1) is 17.1. The van der Waals surface area contributed by atoms with Gasteiger partial charge in [-0.05, 0) is 43.0 Å². The highest BCUT2D eigenvalue weighted by Gasteiger charge is 2.35. The van der Waals surface area contributed by atoms with Gasteiger partial charge in [-0.3, -0.25) is 14.2 Å². The lowest BCUT2D eigenvalue weighted by molar-refractivity contribution is -0.134. The Morgan fingerprint density at radius 3 is 3.00 bits per heavy atom. The predicted molar refractivity (Wildman–Crippen MR) is 102 cm³/mol. The predicted octanol–water partition coefficient (Wildman–Crippen LogP) is 3.27. The Morgan fingerprint density at radius 2 is 2.12 bits per heavy atom. The van der Waals surface area contributed by atoms with E-state index in [1.807, 2.05) is 11.4 Å². The second-order valence-electron chi connectivity index (χ2n) is 7.02. The Kier molecular flexibility index (Phi) is 4.86. The van der Waals surface area contributed by atoms with Crippen LogP contribution in [0.25, 0.3) is 10.2 Å². The molecule has 2 aromatic heterocycles. The number of fused-ring (bicyclic) bond motifs is 2. The van der Waals surface area contributed by atoms with Gasteiger partial charge in [0.1, 0.15) is 4.70 Å². The number of aromatic nitrogens is 2. The zero-order valence-electron chi connectivity index (χ0n) is 14.4. The quantitative estimate of drug-likeness (QED) is 0.608. The first-order valence-corrected chi connectivity index (χ1v) is 10.9. The van der Waals surface area contributed by atoms with Gasteiger partial charge in [-0.25, -0.2) is 4.98 Å². The molecule has 25 heavy (non-hydrogen) atoms. The number of hydrogen-bond donors (Lipinski definition) is 0. The van der Waals surface area contributed by atoms with Crippen molar-refractivity contribution in [2.75, 3.05) is 12.3 Å². The van der Waals surface area contributed by atoms with Crippen molar-refractivity contribution in [1.29, 1.82) is 0 Å². The van der Waals surface area contributed by atoms with Crippen molar-refractivity contribution in [3.05, 3.63) is 21.8 Å². The van der Waals surface area contributed by atoms with E-state index >= 15 is 0 Å². The summed E-state index contributed by atoms with van der Waals surface area (Å²) in [4.78, 5) is 31.9. The first-order chi connectivity index (χ1) is 12.1. The van der Waals surface area contributed by atoms with Gasteiger partial charge in [0.2, 0.25) is 5.91 Å². The number of thioether (sulfide) groups is 1. The van der Waals surface area contributed by atoms with Gasteiger partial charge in [-0.1, -0.05) is 24.6 Å². The second-order valence-corrected chi connectivity index (χ2v) is 8.88. The number of rotatable bonds is 3. The fourth-order valence-electron chi connectivity index (χ4n) is 4.24. The summed E-state index contributed by atoms with van der Waals surface area (Å²) in [7, 11) is 1.74. The van der Waals surface area contributed by atoms with Gasteiger partial charge in [-0.15, -0.1) is 11.3 Å². The summed E-state index contributed by atoms with van der Waals surface area (Å²) in [6.07, 6.45) is 7.36. The largest absolute Gasteiger partial charge is 0.339 e. The summed E-state index contributed by atoms with van der Waals surface area (Å²) in [6.45, 7) is 0.885. The molecule has 2 unspecified atom stereocenters. The van der Waals surface area contributed by atoms with Gasteiger partial charge in [0.25, 0.3) is 5.56 Å². The number of hydrogen-bond acceptors (Lipinski definition) is 5. The van der Waals surface area contributed by atoms with Gasteiger partial charge >= 0.3 is 0 Å². The third kappa shape index (κ3) is 3.24. The minimum absolute atomic E-state index is 0.0275. The van der Waals surface area contributed by atoms with Crippen LogP contribution in [-0.2, 0) is 11.8 Å². The summed E-state index contributed by atoms with van der Waals surface area (Å²) < 4.78 is 2.25. The number of carbonyl (C=O) groups is 1. The van der Waals surface area contributed by atoms with E-state index in [0.29, 0.717) is 27.6 Å². The molecule has 1 amide bonds. The fraction of sp³-hybridized carbons (Fsp3) is 0.611. The molecule has 1 aliphatic heterocycles. The monoisotopic (exact) mass is 377 g/mol. The average Bonchev–Trinajstić information content (AvgIpc) is 3.11. The Labute approximate surface area is 155 Å². The highest BCUT2D eigenvalue weighted by atomic mass is 32.2. The van der Waals surface area contributed by atoms with Crippen molar-refractivity contribution in [1.82, 2.24) is 14.5 Å². The molecule has 1 saturated heterocycles. The molecular weight excluding hydrogens is 354 g/mol. The van der Waals surface area contributed by atoms with Crippen molar-refractivity contribution >= 4 is 39.2 Å². The molecule has 1 saturated carbocycles. The lowest BCUT2D eigenvalue weighted by Gasteiger charge is -2.44. The van der Waals surface area contributed by atoms with Crippen LogP contribution < -0.4 is 5.56 Å². The molecule has 0 bridgehead atoms. The summed E-state index contributed by atoms with van der Waals surface area (Å²) in [5, 5.41) is 2.51. The van der Waals surface area contributed by atoms with Gasteiger partial charge in [-0.2, -0.15) is 0 Å². The Morgan fingerprint density at radius 1 is 1.32 bits per heavy atom. The normalized spacial score (nSPS) is 23.6. The summed E-state index contributed by atoms with van der Waals surface area (Å²) >= 11 is 2.80. The van der Waals surface area contributed by atoms with E-state index < -0.39 is 0 Å². The third-order valence-electron chi connectivity index (χ3n) is 5.53. The summed E-state index contributed by atoms with van der Waals surface area (Å²) in [5.41, 5.74) is 0.702. The molecule has 2 aromatic rings. The lowest BCUT2D eigenvalue weighted by atomic mass is 9.78. The molecule has 1 aliphatic carbocycles. The van der Waals surface area contributed by atoms with Crippen LogP contribution in [-0.4, -0.2) is 38.7 Å². The van der Waals surface area contributed by atoms with E-state index in [-0.39, 0.29) is 11.5 Å². The Bertz CT molecular complexity index is 842. The molecule has 134 valence electrons. The maximum absolute atomic E-state index is 12.8. The molecule has 4 rings (SSSR count). The molecule has 0 spiro atoms. The van der Waals surface area contributed by atoms with E-state index in [1.165, 1.54) is 48.8 Å². The SMILES string of the molecule is Cn1c(SCC(=O)N2CCCC3CCCCC32)nc2ccsc2c1=O. The summed E-state index contributed by atoms with van der Waals surface area (Å²) in [5.74, 6) is 1.25. The van der Waals surface area contributed by atoms with Gasteiger partial charge in [0.15, 0.2) is 5.16 Å². The third-order valence-corrected chi connectivity index (χ3v) is 7.44. The maximum Gasteiger partial charge on any atom is 0.271 e. The van der Waals surface area contributed by atoms with E-state index in [9.17, 15) is 9.59 Å². The number of piperidine rings is 1. The van der Waals surface area contributed by atoms with Crippen LogP contribution >= 0.6 is 23.1 Å². The molecule has 5 nitrogen and oxygen atoms in total. The van der Waals surface area contributed by atoms with Crippen LogP contribution in [0.5, 0.6) is 0 Å². The second kappa shape index (κ2) is 7.11. The van der Waals surface area contributed by atoms with Gasteiger partial charge < -0.3 is 4.90 Å². The van der Waals surface area contributed by atoms with Crippen LogP contribution in [0.4, 0.5) is 0 Å². The van der Waals surface area contributed by atoms with E-state index in [0.717, 1.165) is 24.9 Å². The first-order valence-electron chi connectivity index (χ1n) is 9.01. The lowest BCUT2D eigenvalue weighted by Crippen LogP contribution is -2.50. The van der Waals surface area contributed by atoms with Gasteiger partial charge in [0.05, 0.1) is 11.3 Å². The van der Waals surface area contributed by atoms with E-state index in [2.05, 4.69) is 9.88 Å². The number of carbonyl (C=O) groups excluding carboxylic acids is 1. The fourth-order valence-corrected chi connectivity index (χ4v) is 5.90. The number of amides is 1. The summed E-state index contributed by atoms with van der Waals surface area (Å²) in [6, 6.07) is 2.30. The zero-order chi connectivity index (χ0) is 17.4.